The Kier molecular flexibility index (Phi) is 8.18. The molecular weight excluding hydrogens is 368 g/mol. The number of carbonyl (C=O) groups is 2. The molecule has 0 aromatic rings. The van der Waals surface area contributed by atoms with Gasteiger partial charge in [0.25, 0.3) is 5.79 Å². The molecule has 0 bridgehead atoms. The minimum atomic E-state index is -1.27. The van der Waals surface area contributed by atoms with Crippen LogP contribution < -0.4 is 0 Å². The quantitative estimate of drug-likeness (QED) is 0.305. The minimum Gasteiger partial charge on any atom is -0.420 e. The van der Waals surface area contributed by atoms with Gasteiger partial charge in [-0.15, -0.1) is 0 Å². The van der Waals surface area contributed by atoms with Crippen LogP contribution in [-0.2, 0) is 19.1 Å². The third-order valence-electron chi connectivity index (χ3n) is 2.06. The monoisotopic (exact) mass is 382 g/mol. The van der Waals surface area contributed by atoms with Crippen LogP contribution in [0.15, 0.2) is 22.7 Å². The van der Waals surface area contributed by atoms with E-state index in [9.17, 15) is 9.59 Å². The Morgan fingerprint density at radius 1 is 1.33 bits per heavy atom. The summed E-state index contributed by atoms with van der Waals surface area (Å²) in [5.74, 6) is -2.39. The first kappa shape index (κ1) is 17.4. The van der Waals surface area contributed by atoms with E-state index in [0.717, 1.165) is 0 Å². The second-order valence-corrected chi connectivity index (χ2v) is 4.99. The summed E-state index contributed by atoms with van der Waals surface area (Å²) in [6.45, 7) is 5.00. The molecule has 0 aromatic heterocycles. The van der Waals surface area contributed by atoms with Gasteiger partial charge in [-0.2, -0.15) is 0 Å². The molecule has 18 heavy (non-hydrogen) atoms. The van der Waals surface area contributed by atoms with E-state index in [0.29, 0.717) is 11.8 Å². The number of hydrogen-bond acceptors (Lipinski definition) is 4. The SMILES string of the molecule is C/C=C(\Br)C(=O)OC(C)(CC)OC(=O)/C=C/CBr. The van der Waals surface area contributed by atoms with E-state index >= 15 is 0 Å². The van der Waals surface area contributed by atoms with E-state index < -0.39 is 17.7 Å². The summed E-state index contributed by atoms with van der Waals surface area (Å²) in [4.78, 5) is 23.0. The molecule has 0 N–H and O–H groups in total. The Labute approximate surface area is 124 Å². The molecule has 0 saturated heterocycles. The normalized spacial score (nSPS) is 15.3. The van der Waals surface area contributed by atoms with Gasteiger partial charge < -0.3 is 9.47 Å². The Hall–Kier alpha value is -0.620. The Morgan fingerprint density at radius 2 is 1.94 bits per heavy atom. The van der Waals surface area contributed by atoms with Crippen LogP contribution in [0, 0.1) is 0 Å². The van der Waals surface area contributed by atoms with E-state index in [-0.39, 0.29) is 4.48 Å². The Balaban J connectivity index is 4.66. The van der Waals surface area contributed by atoms with Gasteiger partial charge in [0.2, 0.25) is 0 Å². The van der Waals surface area contributed by atoms with Crippen LogP contribution in [0.2, 0.25) is 0 Å². The predicted octanol–water partition coefficient (Wildman–Crippen LogP) is 3.45. The van der Waals surface area contributed by atoms with Crippen LogP contribution in [0.1, 0.15) is 27.2 Å². The van der Waals surface area contributed by atoms with Crippen molar-refractivity contribution >= 4 is 43.8 Å². The molecule has 0 amide bonds. The summed E-state index contributed by atoms with van der Waals surface area (Å²) in [5.41, 5.74) is 0. The van der Waals surface area contributed by atoms with Crippen molar-refractivity contribution in [2.45, 2.75) is 33.0 Å². The second kappa shape index (κ2) is 8.48. The first-order chi connectivity index (χ1) is 8.38. The Bertz CT molecular complexity index is 363. The van der Waals surface area contributed by atoms with Crippen molar-refractivity contribution in [2.75, 3.05) is 5.33 Å². The number of esters is 2. The molecule has 0 saturated carbocycles. The average molecular weight is 384 g/mol. The van der Waals surface area contributed by atoms with Gasteiger partial charge in [0.15, 0.2) is 0 Å². The minimum absolute atomic E-state index is 0.286. The summed E-state index contributed by atoms with van der Waals surface area (Å²) in [7, 11) is 0. The van der Waals surface area contributed by atoms with Gasteiger partial charge in [-0.05, 0) is 22.9 Å². The highest BCUT2D eigenvalue weighted by atomic mass is 79.9. The van der Waals surface area contributed by atoms with E-state index in [1.807, 2.05) is 0 Å². The molecule has 0 fully saturated rings. The third-order valence-corrected chi connectivity index (χ3v) is 3.21. The highest BCUT2D eigenvalue weighted by Gasteiger charge is 2.31. The smallest absolute Gasteiger partial charge is 0.348 e. The van der Waals surface area contributed by atoms with Gasteiger partial charge in [-0.1, -0.05) is 35.0 Å². The molecule has 4 nitrogen and oxygen atoms in total. The molecule has 1 atom stereocenters. The van der Waals surface area contributed by atoms with E-state index in [2.05, 4.69) is 31.9 Å². The van der Waals surface area contributed by atoms with Gasteiger partial charge >= 0.3 is 11.9 Å². The second-order valence-electron chi connectivity index (χ2n) is 3.49. The number of alkyl halides is 1. The fourth-order valence-electron chi connectivity index (χ4n) is 0.915. The molecule has 0 rings (SSSR count). The van der Waals surface area contributed by atoms with Crippen LogP contribution in [0.25, 0.3) is 0 Å². The molecule has 102 valence electrons. The standard InChI is InChI=1S/C12H16Br2O4/c1-4-9(14)11(16)18-12(3,5-2)17-10(15)7-6-8-13/h4,6-7H,5,8H2,1-3H3/b7-6+,9-4-. The fourth-order valence-corrected chi connectivity index (χ4v) is 1.18. The van der Waals surface area contributed by atoms with Crippen LogP contribution in [0.3, 0.4) is 0 Å². The summed E-state index contributed by atoms with van der Waals surface area (Å²) < 4.78 is 10.6. The van der Waals surface area contributed by atoms with Crippen molar-refractivity contribution < 1.29 is 19.1 Å². The fraction of sp³-hybridized carbons (Fsp3) is 0.500. The zero-order chi connectivity index (χ0) is 14.2. The van der Waals surface area contributed by atoms with Gasteiger partial charge in [-0.25, -0.2) is 9.59 Å². The van der Waals surface area contributed by atoms with Crippen molar-refractivity contribution in [3.8, 4) is 0 Å². The first-order valence-electron chi connectivity index (χ1n) is 5.39. The van der Waals surface area contributed by atoms with E-state index in [4.69, 9.17) is 9.47 Å². The topological polar surface area (TPSA) is 52.6 Å². The summed E-state index contributed by atoms with van der Waals surface area (Å²) in [6, 6.07) is 0. The maximum atomic E-state index is 11.6. The lowest BCUT2D eigenvalue weighted by Gasteiger charge is -2.27. The van der Waals surface area contributed by atoms with Gasteiger partial charge in [-0.3, -0.25) is 0 Å². The van der Waals surface area contributed by atoms with Gasteiger partial charge in [0, 0.05) is 24.8 Å². The molecule has 0 aliphatic heterocycles. The zero-order valence-electron chi connectivity index (χ0n) is 10.5. The maximum Gasteiger partial charge on any atom is 0.348 e. The lowest BCUT2D eigenvalue weighted by Crippen LogP contribution is -2.36. The van der Waals surface area contributed by atoms with Crippen LogP contribution >= 0.6 is 31.9 Å². The molecule has 0 radical (unpaired) electrons. The molecule has 0 aliphatic carbocycles. The van der Waals surface area contributed by atoms with Crippen molar-refractivity contribution in [2.24, 2.45) is 0 Å². The predicted molar refractivity (Wildman–Crippen MR) is 76.5 cm³/mol. The zero-order valence-corrected chi connectivity index (χ0v) is 13.7. The van der Waals surface area contributed by atoms with Crippen molar-refractivity contribution in [3.05, 3.63) is 22.7 Å². The highest BCUT2D eigenvalue weighted by molar-refractivity contribution is 9.12. The van der Waals surface area contributed by atoms with Crippen LogP contribution in [-0.4, -0.2) is 23.1 Å². The maximum absolute atomic E-state index is 11.6. The lowest BCUT2D eigenvalue weighted by atomic mass is 10.2. The summed E-state index contributed by atoms with van der Waals surface area (Å²) in [5, 5.41) is 0.550. The number of hydrogen-bond donors (Lipinski definition) is 0. The highest BCUT2D eigenvalue weighted by Crippen LogP contribution is 2.21. The number of carbonyl (C=O) groups excluding carboxylic acids is 2. The number of ether oxygens (including phenoxy) is 2. The van der Waals surface area contributed by atoms with Crippen molar-refractivity contribution in [3.63, 3.8) is 0 Å². The third kappa shape index (κ3) is 6.35. The van der Waals surface area contributed by atoms with Crippen molar-refractivity contribution in [1.82, 2.24) is 0 Å². The van der Waals surface area contributed by atoms with Crippen LogP contribution in [0.5, 0.6) is 0 Å². The molecule has 1 unspecified atom stereocenters. The largest absolute Gasteiger partial charge is 0.420 e. The molecule has 6 heteroatoms. The molecule has 0 aromatic carbocycles. The van der Waals surface area contributed by atoms with E-state index in [1.165, 1.54) is 6.08 Å². The molecule has 0 heterocycles. The molecule has 0 spiro atoms. The summed E-state index contributed by atoms with van der Waals surface area (Å²) >= 11 is 6.21. The number of allylic oxidation sites excluding steroid dienone is 2. The summed E-state index contributed by atoms with van der Waals surface area (Å²) in [6.07, 6.45) is 4.80. The van der Waals surface area contributed by atoms with Crippen molar-refractivity contribution in [1.29, 1.82) is 0 Å². The number of halogens is 2. The lowest BCUT2D eigenvalue weighted by molar-refractivity contribution is -0.216. The first-order valence-corrected chi connectivity index (χ1v) is 7.30. The van der Waals surface area contributed by atoms with Crippen LogP contribution in [0.4, 0.5) is 0 Å². The van der Waals surface area contributed by atoms with Gasteiger partial charge in [0.05, 0.1) is 4.48 Å². The molecule has 0 aliphatic rings. The molecular formula is C12H16Br2O4. The average Bonchev–Trinajstić information content (AvgIpc) is 2.34. The van der Waals surface area contributed by atoms with E-state index in [1.54, 1.807) is 32.9 Å². The number of rotatable bonds is 6. The Morgan fingerprint density at radius 3 is 2.39 bits per heavy atom. The van der Waals surface area contributed by atoms with Gasteiger partial charge in [0.1, 0.15) is 0 Å².